The van der Waals surface area contributed by atoms with Crippen LogP contribution in [0.25, 0.3) is 0 Å². The highest BCUT2D eigenvalue weighted by Gasteiger charge is 2.31. The number of nitrogens with zero attached hydrogens (tertiary/aromatic N) is 8. The Morgan fingerprint density at radius 2 is 0.625 bits per heavy atom. The zero-order valence-corrected chi connectivity index (χ0v) is 40.7. The number of hydrogen-bond donors (Lipinski definition) is 10. The molecule has 72 heavy (non-hydrogen) atoms. The lowest BCUT2D eigenvalue weighted by Crippen LogP contribution is -2.52. The van der Waals surface area contributed by atoms with Crippen LogP contribution in [0.3, 0.4) is 0 Å². The summed E-state index contributed by atoms with van der Waals surface area (Å²) in [5.74, 6) is -11.3. The van der Waals surface area contributed by atoms with Gasteiger partial charge in [-0.2, -0.15) is 0 Å². The lowest BCUT2D eigenvalue weighted by molar-refractivity contribution is -0.145. The predicted molar refractivity (Wildman–Crippen MR) is 249 cm³/mol. The molecule has 2 heterocycles. The van der Waals surface area contributed by atoms with Gasteiger partial charge in [0.2, 0.25) is 11.8 Å². The van der Waals surface area contributed by atoms with Gasteiger partial charge in [0.25, 0.3) is 0 Å². The van der Waals surface area contributed by atoms with Crippen molar-refractivity contribution >= 4 is 65.4 Å². The third kappa shape index (κ3) is 26.5. The van der Waals surface area contributed by atoms with Gasteiger partial charge in [0.1, 0.15) is 12.1 Å². The van der Waals surface area contributed by atoms with Crippen LogP contribution in [0.4, 0.5) is 0 Å². The molecule has 0 aromatic heterocycles. The Morgan fingerprint density at radius 3 is 0.861 bits per heavy atom. The molecule has 0 bridgehead atoms. The molecule has 3 atom stereocenters. The van der Waals surface area contributed by atoms with Gasteiger partial charge >= 0.3 is 47.8 Å². The first-order valence-electron chi connectivity index (χ1n) is 23.6. The fourth-order valence-electron chi connectivity index (χ4n) is 8.37. The zero-order chi connectivity index (χ0) is 53.9. The minimum Gasteiger partial charge on any atom is -0.480 e. The van der Waals surface area contributed by atoms with Crippen LogP contribution >= 0.6 is 0 Å². The fourth-order valence-corrected chi connectivity index (χ4v) is 8.37. The number of aliphatic carboxylic acids is 8. The van der Waals surface area contributed by atoms with E-state index in [1.807, 2.05) is 0 Å². The third-order valence-electron chi connectivity index (χ3n) is 12.2. The number of hydrogen-bond acceptors (Lipinski definition) is 19. The van der Waals surface area contributed by atoms with Crippen LogP contribution in [0.1, 0.15) is 39.0 Å². The summed E-state index contributed by atoms with van der Waals surface area (Å²) < 4.78 is 0. The number of carboxylic acids is 8. The van der Waals surface area contributed by atoms with Crippen LogP contribution < -0.4 is 10.6 Å². The van der Waals surface area contributed by atoms with Crippen LogP contribution in [-0.2, 0) is 52.7 Å². The van der Waals surface area contributed by atoms with E-state index in [4.69, 9.17) is 0 Å². The molecule has 408 valence electrons. The number of Topliss-reactive ketones (excluding diaryl/α,β-unsaturated/α-hetero) is 1. The SMILES string of the molecule is CC(=O)[C@H](CCNC(=O)CCC(C(=O)O)N1CCN(CC(=O)O)CCN(CC(=O)O)CCN(CC(=O)O)CC1)NC(=O)CCC(C(=O)O)N1CCN(CC(=O)O)CCN(CC(=O)O)CCN(CC(=O)O)CC1. The average molecular weight is 1030 g/mol. The molecule has 0 aromatic carbocycles. The molecule has 29 heteroatoms. The maximum Gasteiger partial charge on any atom is 0.320 e. The Morgan fingerprint density at radius 1 is 0.375 bits per heavy atom. The molecule has 2 unspecified atom stereocenters. The van der Waals surface area contributed by atoms with Gasteiger partial charge in [-0.15, -0.1) is 0 Å². The van der Waals surface area contributed by atoms with Gasteiger partial charge < -0.3 is 51.5 Å². The second kappa shape index (κ2) is 32.9. The molecule has 0 spiro atoms. The molecule has 2 fully saturated rings. The van der Waals surface area contributed by atoms with Crippen molar-refractivity contribution in [3.8, 4) is 0 Å². The van der Waals surface area contributed by atoms with E-state index in [2.05, 4.69) is 10.6 Å². The highest BCUT2D eigenvalue weighted by Crippen LogP contribution is 2.13. The minimum absolute atomic E-state index is 0.00424. The van der Waals surface area contributed by atoms with E-state index in [0.717, 1.165) is 0 Å². The topological polar surface area (TPSA) is 400 Å². The van der Waals surface area contributed by atoms with E-state index in [-0.39, 0.29) is 156 Å². The lowest BCUT2D eigenvalue weighted by atomic mass is 10.1. The molecule has 2 saturated heterocycles. The summed E-state index contributed by atoms with van der Waals surface area (Å²) in [5, 5.41) is 82.7. The molecule has 0 radical (unpaired) electrons. The van der Waals surface area contributed by atoms with E-state index in [9.17, 15) is 93.6 Å². The van der Waals surface area contributed by atoms with Crippen molar-refractivity contribution in [2.45, 2.75) is 57.2 Å². The number of amides is 2. The molecule has 0 saturated carbocycles. The van der Waals surface area contributed by atoms with Crippen molar-refractivity contribution < 1.29 is 93.6 Å². The Bertz CT molecular complexity index is 1800. The van der Waals surface area contributed by atoms with Crippen molar-refractivity contribution in [1.82, 2.24) is 49.8 Å². The van der Waals surface area contributed by atoms with Crippen LogP contribution in [0.5, 0.6) is 0 Å². The predicted octanol–water partition coefficient (Wildman–Crippen LogP) is -5.02. The highest BCUT2D eigenvalue weighted by molar-refractivity contribution is 5.88. The number of nitrogens with one attached hydrogen (secondary N) is 2. The lowest BCUT2D eigenvalue weighted by Gasteiger charge is -2.35. The Balaban J connectivity index is 2.11. The second-order valence-corrected chi connectivity index (χ2v) is 17.7. The maximum absolute atomic E-state index is 13.2. The number of carbonyl (C=O) groups excluding carboxylic acids is 3. The van der Waals surface area contributed by atoms with Crippen molar-refractivity contribution in [1.29, 1.82) is 0 Å². The molecule has 29 nitrogen and oxygen atoms in total. The quantitative estimate of drug-likeness (QED) is 0.0368. The van der Waals surface area contributed by atoms with E-state index in [1.165, 1.54) is 36.3 Å². The first-order valence-corrected chi connectivity index (χ1v) is 23.6. The van der Waals surface area contributed by atoms with Crippen LogP contribution in [-0.4, -0.2) is 314 Å². The number of ketones is 1. The largest absolute Gasteiger partial charge is 0.480 e. The second-order valence-electron chi connectivity index (χ2n) is 17.7. The van der Waals surface area contributed by atoms with Gasteiger partial charge in [-0.25, -0.2) is 0 Å². The molecule has 0 aliphatic carbocycles. The molecule has 2 aliphatic heterocycles. The van der Waals surface area contributed by atoms with Gasteiger partial charge in [0, 0.05) is 124 Å². The first-order chi connectivity index (χ1) is 33.9. The highest BCUT2D eigenvalue weighted by atomic mass is 16.4. The van der Waals surface area contributed by atoms with E-state index in [1.54, 1.807) is 9.80 Å². The smallest absolute Gasteiger partial charge is 0.320 e. The van der Waals surface area contributed by atoms with Gasteiger partial charge in [-0.3, -0.25) is 91.9 Å². The molecule has 0 aromatic rings. The standard InChI is InChI=1S/C43H72N10O19/c1-30(54)31(45-35(56)5-3-33(43(71)72)53-22-18-50(28-40(65)66)14-10-47(25-37(59)60)11-15-51(19-23-53)29-41(67)68)6-7-44-34(55)4-2-32(42(69)70)52-20-16-48(26-38(61)62)12-8-46(24-36(57)58)9-13-49(17-21-52)27-39(63)64/h31-33H,2-29H2,1H3,(H,44,55)(H,45,56)(H,57,58)(H,59,60)(H,61,62)(H,63,64)(H,65,66)(H,67,68)(H,69,70)(H,71,72)/t31-,32?,33?/m0/s1. The summed E-state index contributed by atoms with van der Waals surface area (Å²) in [6.45, 7) is -0.248. The van der Waals surface area contributed by atoms with Crippen molar-refractivity contribution in [3.05, 3.63) is 0 Å². The summed E-state index contributed by atoms with van der Waals surface area (Å²) >= 11 is 0. The summed E-state index contributed by atoms with van der Waals surface area (Å²) in [6.07, 6.45) is -1.29. The van der Waals surface area contributed by atoms with E-state index >= 15 is 0 Å². The van der Waals surface area contributed by atoms with Gasteiger partial charge in [0.15, 0.2) is 5.78 Å². The molecular formula is C43H72N10O19. The van der Waals surface area contributed by atoms with Gasteiger partial charge in [-0.1, -0.05) is 0 Å². The molecular weight excluding hydrogens is 961 g/mol. The monoisotopic (exact) mass is 1030 g/mol. The van der Waals surface area contributed by atoms with Crippen molar-refractivity contribution in [2.24, 2.45) is 0 Å². The number of rotatable bonds is 27. The van der Waals surface area contributed by atoms with Gasteiger partial charge in [0.05, 0.1) is 45.3 Å². The van der Waals surface area contributed by atoms with E-state index in [0.29, 0.717) is 0 Å². The Labute approximate surface area is 415 Å². The molecule has 2 aliphatic rings. The third-order valence-corrected chi connectivity index (χ3v) is 12.2. The first kappa shape index (κ1) is 62.2. The Kier molecular flexibility index (Phi) is 28.4. The summed E-state index contributed by atoms with van der Waals surface area (Å²) in [5.41, 5.74) is 0. The van der Waals surface area contributed by atoms with Gasteiger partial charge in [-0.05, 0) is 26.2 Å². The van der Waals surface area contributed by atoms with Crippen LogP contribution in [0, 0.1) is 0 Å². The number of carbonyl (C=O) groups is 11. The number of carboxylic acid groups (broad SMARTS) is 8. The average Bonchev–Trinajstić information content (AvgIpc) is 3.25. The minimum atomic E-state index is -1.32. The van der Waals surface area contributed by atoms with Crippen molar-refractivity contribution in [2.75, 3.05) is 151 Å². The van der Waals surface area contributed by atoms with Crippen molar-refractivity contribution in [3.63, 3.8) is 0 Å². The normalized spacial score (nSPS) is 19.1. The molecule has 2 amide bonds. The van der Waals surface area contributed by atoms with E-state index < -0.39 is 110 Å². The van der Waals surface area contributed by atoms with Crippen LogP contribution in [0.15, 0.2) is 0 Å². The molecule has 10 N–H and O–H groups in total. The summed E-state index contributed by atoms with van der Waals surface area (Å²) in [6, 6.07) is -3.70. The fraction of sp³-hybridized carbons (Fsp3) is 0.744. The Hall–Kier alpha value is -5.95. The summed E-state index contributed by atoms with van der Waals surface area (Å²) in [7, 11) is 0. The maximum atomic E-state index is 13.2. The summed E-state index contributed by atoms with van der Waals surface area (Å²) in [4.78, 5) is 146. The molecule has 2 rings (SSSR count). The van der Waals surface area contributed by atoms with Crippen LogP contribution in [0.2, 0.25) is 0 Å². The zero-order valence-electron chi connectivity index (χ0n) is 40.7.